The highest BCUT2D eigenvalue weighted by Crippen LogP contribution is 2.27. The van der Waals surface area contributed by atoms with Crippen LogP contribution in [0.25, 0.3) is 10.8 Å². The molecule has 2 aromatic carbocycles. The van der Waals surface area contributed by atoms with Crippen LogP contribution in [-0.4, -0.2) is 30.2 Å². The van der Waals surface area contributed by atoms with E-state index in [-0.39, 0.29) is 5.91 Å². The monoisotopic (exact) mass is 299 g/mol. The Morgan fingerprint density at radius 1 is 1.24 bits per heavy atom. The number of thioether (sulfide) groups is 1. The molecule has 106 valence electrons. The van der Waals surface area contributed by atoms with Crippen LogP contribution in [0.15, 0.2) is 46.6 Å². The van der Waals surface area contributed by atoms with Crippen LogP contribution in [0.2, 0.25) is 0 Å². The number of hydrogen-bond donors (Lipinski definition) is 1. The molecule has 5 nitrogen and oxygen atoms in total. The molecule has 1 amide bonds. The first-order valence-electron chi connectivity index (χ1n) is 6.37. The van der Waals surface area contributed by atoms with E-state index in [1.807, 2.05) is 36.4 Å². The molecule has 0 spiro atoms. The van der Waals surface area contributed by atoms with Gasteiger partial charge in [-0.25, -0.2) is 0 Å². The van der Waals surface area contributed by atoms with E-state index in [4.69, 9.17) is 4.74 Å². The average molecular weight is 299 g/mol. The molecule has 0 aliphatic carbocycles. The lowest BCUT2D eigenvalue weighted by molar-refractivity contribution is -0.116. The number of carbonyl (C=O) groups is 1. The molecule has 0 bridgehead atoms. The highest BCUT2D eigenvalue weighted by Gasteiger charge is 2.15. The number of amidine groups is 1. The lowest BCUT2D eigenvalue weighted by Crippen LogP contribution is -2.19. The summed E-state index contributed by atoms with van der Waals surface area (Å²) in [6.07, 6.45) is 1.68. The first-order valence-corrected chi connectivity index (χ1v) is 7.36. The van der Waals surface area contributed by atoms with Gasteiger partial charge in [0.2, 0.25) is 5.91 Å². The second kappa shape index (κ2) is 5.97. The summed E-state index contributed by atoms with van der Waals surface area (Å²) in [4.78, 5) is 11.1. The van der Waals surface area contributed by atoms with E-state index in [0.29, 0.717) is 10.9 Å². The van der Waals surface area contributed by atoms with E-state index < -0.39 is 0 Å². The lowest BCUT2D eigenvalue weighted by Gasteiger charge is -2.07. The Kier molecular flexibility index (Phi) is 3.87. The molecule has 0 radical (unpaired) electrons. The SMILES string of the molecule is COc1ccc(C=NN=C2NC(=O)CS2)c2ccccc12. The molecule has 1 fully saturated rings. The van der Waals surface area contributed by atoms with Gasteiger partial charge in [0.15, 0.2) is 5.17 Å². The van der Waals surface area contributed by atoms with Gasteiger partial charge in [0.25, 0.3) is 0 Å². The highest BCUT2D eigenvalue weighted by molar-refractivity contribution is 8.15. The Balaban J connectivity index is 1.92. The van der Waals surface area contributed by atoms with Crippen molar-refractivity contribution >= 4 is 39.8 Å². The molecule has 21 heavy (non-hydrogen) atoms. The number of nitrogens with zero attached hydrogens (tertiary/aromatic N) is 2. The van der Waals surface area contributed by atoms with Crippen LogP contribution in [0, 0.1) is 0 Å². The van der Waals surface area contributed by atoms with Gasteiger partial charge >= 0.3 is 0 Å². The van der Waals surface area contributed by atoms with Crippen molar-refractivity contribution in [1.82, 2.24) is 5.32 Å². The van der Waals surface area contributed by atoms with Crippen LogP contribution >= 0.6 is 11.8 Å². The third-order valence-corrected chi connectivity index (χ3v) is 3.93. The van der Waals surface area contributed by atoms with Crippen LogP contribution in [-0.2, 0) is 4.79 Å². The summed E-state index contributed by atoms with van der Waals surface area (Å²) in [5.41, 5.74) is 0.949. The first kappa shape index (κ1) is 13.6. The Morgan fingerprint density at radius 3 is 2.76 bits per heavy atom. The summed E-state index contributed by atoms with van der Waals surface area (Å²) in [5, 5.41) is 13.3. The largest absolute Gasteiger partial charge is 0.496 e. The second-order valence-corrected chi connectivity index (χ2v) is 5.35. The Morgan fingerprint density at radius 2 is 2.05 bits per heavy atom. The van der Waals surface area contributed by atoms with Gasteiger partial charge in [0.05, 0.1) is 19.1 Å². The fourth-order valence-electron chi connectivity index (χ4n) is 2.11. The van der Waals surface area contributed by atoms with Crippen molar-refractivity contribution in [2.24, 2.45) is 10.2 Å². The number of benzene rings is 2. The van der Waals surface area contributed by atoms with Gasteiger partial charge < -0.3 is 10.1 Å². The van der Waals surface area contributed by atoms with Crippen molar-refractivity contribution < 1.29 is 9.53 Å². The van der Waals surface area contributed by atoms with E-state index in [1.54, 1.807) is 13.3 Å². The number of carbonyl (C=O) groups excluding carboxylic acids is 1. The Bertz CT molecular complexity index is 756. The van der Waals surface area contributed by atoms with Crippen LogP contribution in [0.5, 0.6) is 5.75 Å². The molecule has 1 heterocycles. The predicted molar refractivity (Wildman–Crippen MR) is 86.1 cm³/mol. The van der Waals surface area contributed by atoms with Crippen molar-refractivity contribution in [3.05, 3.63) is 42.0 Å². The molecule has 0 saturated carbocycles. The van der Waals surface area contributed by atoms with Gasteiger partial charge in [-0.1, -0.05) is 36.0 Å². The summed E-state index contributed by atoms with van der Waals surface area (Å²) in [6.45, 7) is 0. The summed E-state index contributed by atoms with van der Waals surface area (Å²) in [6, 6.07) is 11.8. The molecule has 0 atom stereocenters. The highest BCUT2D eigenvalue weighted by atomic mass is 32.2. The minimum Gasteiger partial charge on any atom is -0.496 e. The number of hydrogen-bond acceptors (Lipinski definition) is 5. The molecule has 0 unspecified atom stereocenters. The second-order valence-electron chi connectivity index (χ2n) is 4.39. The van der Waals surface area contributed by atoms with Gasteiger partial charge in [-0.05, 0) is 17.5 Å². The Hall–Kier alpha value is -2.34. The molecule has 1 saturated heterocycles. The first-order chi connectivity index (χ1) is 10.3. The van der Waals surface area contributed by atoms with E-state index in [9.17, 15) is 4.79 Å². The number of rotatable bonds is 3. The number of methoxy groups -OCH3 is 1. The average Bonchev–Trinajstić information content (AvgIpc) is 2.93. The zero-order valence-electron chi connectivity index (χ0n) is 11.4. The molecule has 0 aromatic heterocycles. The fourth-order valence-corrected chi connectivity index (χ4v) is 2.74. The maximum atomic E-state index is 11.1. The van der Waals surface area contributed by atoms with Crippen LogP contribution < -0.4 is 10.1 Å². The quantitative estimate of drug-likeness (QED) is 0.699. The normalized spacial score (nSPS) is 16.8. The van der Waals surface area contributed by atoms with E-state index in [1.165, 1.54) is 11.8 Å². The maximum absolute atomic E-state index is 11.1. The van der Waals surface area contributed by atoms with E-state index >= 15 is 0 Å². The summed E-state index contributed by atoms with van der Waals surface area (Å²) in [5.74, 6) is 1.19. The topological polar surface area (TPSA) is 63.1 Å². The molecular formula is C15H13N3O2S. The molecular weight excluding hydrogens is 286 g/mol. The van der Waals surface area contributed by atoms with Gasteiger partial charge in [-0.3, -0.25) is 4.79 Å². The minimum absolute atomic E-state index is 0.0381. The van der Waals surface area contributed by atoms with Crippen LogP contribution in [0.1, 0.15) is 5.56 Å². The van der Waals surface area contributed by atoms with Gasteiger partial charge in [0.1, 0.15) is 5.75 Å². The molecule has 1 N–H and O–H groups in total. The van der Waals surface area contributed by atoms with Gasteiger partial charge in [-0.15, -0.1) is 5.10 Å². The van der Waals surface area contributed by atoms with Crippen LogP contribution in [0.4, 0.5) is 0 Å². The third-order valence-electron chi connectivity index (χ3n) is 3.07. The lowest BCUT2D eigenvalue weighted by atomic mass is 10.0. The number of amides is 1. The third kappa shape index (κ3) is 2.90. The number of ether oxygens (including phenoxy) is 1. The summed E-state index contributed by atoms with van der Waals surface area (Å²) in [7, 11) is 1.65. The molecule has 1 aliphatic heterocycles. The van der Waals surface area contributed by atoms with Crippen LogP contribution in [0.3, 0.4) is 0 Å². The minimum atomic E-state index is -0.0381. The van der Waals surface area contributed by atoms with Gasteiger partial charge in [-0.2, -0.15) is 5.10 Å². The summed E-state index contributed by atoms with van der Waals surface area (Å²) >= 11 is 1.35. The van der Waals surface area contributed by atoms with Crippen molar-refractivity contribution in [3.63, 3.8) is 0 Å². The number of fused-ring (bicyclic) bond motifs is 1. The standard InChI is InChI=1S/C15H13N3O2S/c1-20-13-7-6-10(11-4-2-3-5-12(11)13)8-16-18-15-17-14(19)9-21-15/h2-8H,9H2,1H3,(H,17,18,19). The molecule has 3 rings (SSSR count). The van der Waals surface area contributed by atoms with Crippen molar-refractivity contribution in [2.75, 3.05) is 12.9 Å². The Labute approximate surface area is 126 Å². The molecule has 1 aliphatic rings. The smallest absolute Gasteiger partial charge is 0.236 e. The fraction of sp³-hybridized carbons (Fsp3) is 0.133. The predicted octanol–water partition coefficient (Wildman–Crippen LogP) is 2.40. The number of nitrogens with one attached hydrogen (secondary N) is 1. The molecule has 2 aromatic rings. The van der Waals surface area contributed by atoms with E-state index in [2.05, 4.69) is 15.5 Å². The van der Waals surface area contributed by atoms with Gasteiger partial charge in [0, 0.05) is 10.9 Å². The maximum Gasteiger partial charge on any atom is 0.236 e. The zero-order chi connectivity index (χ0) is 14.7. The van der Waals surface area contributed by atoms with Crippen molar-refractivity contribution in [3.8, 4) is 5.75 Å². The molecule has 6 heteroatoms. The van der Waals surface area contributed by atoms with Crippen molar-refractivity contribution in [2.45, 2.75) is 0 Å². The van der Waals surface area contributed by atoms with E-state index in [0.717, 1.165) is 22.1 Å². The zero-order valence-corrected chi connectivity index (χ0v) is 12.2. The summed E-state index contributed by atoms with van der Waals surface area (Å²) < 4.78 is 5.36. The van der Waals surface area contributed by atoms with Crippen molar-refractivity contribution in [1.29, 1.82) is 0 Å².